The molecule has 0 fully saturated rings. The maximum absolute atomic E-state index is 5.99. The molecule has 0 saturated carbocycles. The second-order valence-electron chi connectivity index (χ2n) is 7.70. The van der Waals surface area contributed by atoms with Crippen molar-refractivity contribution in [1.29, 1.82) is 0 Å². The molecule has 1 N–H and O–H groups in total. The number of para-hydroxylation sites is 1. The fourth-order valence-electron chi connectivity index (χ4n) is 3.74. The summed E-state index contributed by atoms with van der Waals surface area (Å²) in [7, 11) is 0. The van der Waals surface area contributed by atoms with E-state index >= 15 is 0 Å². The van der Waals surface area contributed by atoms with Crippen LogP contribution in [-0.4, -0.2) is 22.6 Å². The van der Waals surface area contributed by atoms with Crippen molar-refractivity contribution in [2.45, 2.75) is 32.9 Å². The van der Waals surface area contributed by atoms with Gasteiger partial charge in [-0.15, -0.1) is 0 Å². The lowest BCUT2D eigenvalue weighted by atomic mass is 10.1. The third kappa shape index (κ3) is 5.66. The number of aromatic nitrogens is 2. The van der Waals surface area contributed by atoms with Crippen LogP contribution >= 0.6 is 11.6 Å². The van der Waals surface area contributed by atoms with Crippen molar-refractivity contribution >= 4 is 22.6 Å². The number of aryl methyl sites for hydroxylation is 2. The molecule has 0 bridgehead atoms. The predicted octanol–water partition coefficient (Wildman–Crippen LogP) is 5.80. The van der Waals surface area contributed by atoms with Gasteiger partial charge in [-0.25, -0.2) is 4.98 Å². The van der Waals surface area contributed by atoms with Crippen molar-refractivity contribution in [3.8, 4) is 5.75 Å². The van der Waals surface area contributed by atoms with Crippen molar-refractivity contribution in [3.05, 3.63) is 94.8 Å². The van der Waals surface area contributed by atoms with Crippen LogP contribution in [0.2, 0.25) is 5.02 Å². The standard InChI is InChI=1S/C26H28ClN3O/c1-20-7-5-10-24-26(20)29-25(19-31-23-13-11-22(27)12-14-23)30(24)18-6-16-28-17-15-21-8-3-2-4-9-21/h2-5,7-14,28H,6,15-19H2,1H3. The Bertz CT molecular complexity index is 1110. The van der Waals surface area contributed by atoms with Gasteiger partial charge in [0.1, 0.15) is 18.2 Å². The van der Waals surface area contributed by atoms with Crippen LogP contribution < -0.4 is 10.1 Å². The molecule has 4 nitrogen and oxygen atoms in total. The lowest BCUT2D eigenvalue weighted by Gasteiger charge is -2.11. The van der Waals surface area contributed by atoms with Crippen molar-refractivity contribution < 1.29 is 4.74 Å². The van der Waals surface area contributed by atoms with Crippen LogP contribution in [0.15, 0.2) is 72.8 Å². The smallest absolute Gasteiger partial charge is 0.148 e. The van der Waals surface area contributed by atoms with E-state index in [9.17, 15) is 0 Å². The first-order valence-electron chi connectivity index (χ1n) is 10.8. The van der Waals surface area contributed by atoms with E-state index in [0.29, 0.717) is 11.6 Å². The van der Waals surface area contributed by atoms with Crippen molar-refractivity contribution in [1.82, 2.24) is 14.9 Å². The Labute approximate surface area is 188 Å². The van der Waals surface area contributed by atoms with E-state index in [2.05, 4.69) is 65.3 Å². The molecule has 0 amide bonds. The van der Waals surface area contributed by atoms with E-state index in [1.807, 2.05) is 24.3 Å². The third-order valence-electron chi connectivity index (χ3n) is 5.41. The van der Waals surface area contributed by atoms with E-state index in [-0.39, 0.29) is 0 Å². The molecule has 0 unspecified atom stereocenters. The normalized spacial score (nSPS) is 11.2. The zero-order valence-corrected chi connectivity index (χ0v) is 18.6. The number of imidazole rings is 1. The van der Waals surface area contributed by atoms with E-state index in [0.717, 1.165) is 49.6 Å². The summed E-state index contributed by atoms with van der Waals surface area (Å²) in [6.07, 6.45) is 2.08. The van der Waals surface area contributed by atoms with Gasteiger partial charge in [0.2, 0.25) is 0 Å². The molecule has 3 aromatic carbocycles. The topological polar surface area (TPSA) is 39.1 Å². The zero-order valence-electron chi connectivity index (χ0n) is 17.9. The first-order chi connectivity index (χ1) is 15.2. The second-order valence-corrected chi connectivity index (χ2v) is 8.14. The largest absolute Gasteiger partial charge is 0.486 e. The molecule has 0 aliphatic heterocycles. The quantitative estimate of drug-likeness (QED) is 0.321. The molecule has 0 radical (unpaired) electrons. The van der Waals surface area contributed by atoms with Gasteiger partial charge >= 0.3 is 0 Å². The third-order valence-corrected chi connectivity index (χ3v) is 5.66. The Balaban J connectivity index is 1.37. The Hall–Kier alpha value is -2.82. The SMILES string of the molecule is Cc1cccc2c1nc(COc1ccc(Cl)cc1)n2CCCNCCc1ccccc1. The van der Waals surface area contributed by atoms with E-state index < -0.39 is 0 Å². The Kier molecular flexibility index (Phi) is 7.23. The number of hydrogen-bond donors (Lipinski definition) is 1. The number of benzene rings is 3. The van der Waals surface area contributed by atoms with Gasteiger partial charge in [0, 0.05) is 11.6 Å². The summed E-state index contributed by atoms with van der Waals surface area (Å²) < 4.78 is 8.28. The number of rotatable bonds is 10. The maximum Gasteiger partial charge on any atom is 0.148 e. The van der Waals surface area contributed by atoms with Gasteiger partial charge in [0.25, 0.3) is 0 Å². The molecule has 1 aromatic heterocycles. The van der Waals surface area contributed by atoms with E-state index in [1.54, 1.807) is 0 Å². The molecule has 4 rings (SSSR count). The number of hydrogen-bond acceptors (Lipinski definition) is 3. The molecule has 0 spiro atoms. The van der Waals surface area contributed by atoms with Gasteiger partial charge in [-0.1, -0.05) is 54.1 Å². The highest BCUT2D eigenvalue weighted by atomic mass is 35.5. The van der Waals surface area contributed by atoms with Crippen LogP contribution in [0.5, 0.6) is 5.75 Å². The number of nitrogens with zero attached hydrogens (tertiary/aromatic N) is 2. The molecule has 1 heterocycles. The molecule has 0 aliphatic rings. The lowest BCUT2D eigenvalue weighted by Crippen LogP contribution is -2.20. The summed E-state index contributed by atoms with van der Waals surface area (Å²) in [5.41, 5.74) is 4.77. The van der Waals surface area contributed by atoms with Gasteiger partial charge in [0.15, 0.2) is 0 Å². The highest BCUT2D eigenvalue weighted by Crippen LogP contribution is 2.22. The van der Waals surface area contributed by atoms with Gasteiger partial charge in [-0.3, -0.25) is 0 Å². The van der Waals surface area contributed by atoms with Crippen LogP contribution in [0.4, 0.5) is 0 Å². The summed E-state index contributed by atoms with van der Waals surface area (Å²) in [6, 6.07) is 24.4. The predicted molar refractivity (Wildman–Crippen MR) is 128 cm³/mol. The van der Waals surface area contributed by atoms with Crippen LogP contribution in [0, 0.1) is 6.92 Å². The minimum atomic E-state index is 0.428. The molecular formula is C26H28ClN3O. The molecule has 31 heavy (non-hydrogen) atoms. The molecule has 0 aliphatic carbocycles. The lowest BCUT2D eigenvalue weighted by molar-refractivity contribution is 0.289. The summed E-state index contributed by atoms with van der Waals surface area (Å²) in [6.45, 7) is 5.39. The first-order valence-corrected chi connectivity index (χ1v) is 11.2. The van der Waals surface area contributed by atoms with Crippen LogP contribution in [0.25, 0.3) is 11.0 Å². The molecule has 5 heteroatoms. The molecule has 0 atom stereocenters. The summed E-state index contributed by atoms with van der Waals surface area (Å²) in [4.78, 5) is 4.89. The average molecular weight is 434 g/mol. The van der Waals surface area contributed by atoms with Crippen LogP contribution in [0.1, 0.15) is 23.4 Å². The summed E-state index contributed by atoms with van der Waals surface area (Å²) in [5, 5.41) is 4.26. The molecule has 160 valence electrons. The number of fused-ring (bicyclic) bond motifs is 1. The van der Waals surface area contributed by atoms with Gasteiger partial charge in [-0.05, 0) is 74.3 Å². The fraction of sp³-hybridized carbons (Fsp3) is 0.269. The Morgan fingerprint density at radius 1 is 0.935 bits per heavy atom. The minimum Gasteiger partial charge on any atom is -0.486 e. The summed E-state index contributed by atoms with van der Waals surface area (Å²) >= 11 is 5.98. The summed E-state index contributed by atoms with van der Waals surface area (Å²) in [5.74, 6) is 1.74. The first kappa shape index (κ1) is 21.4. The number of ether oxygens (including phenoxy) is 1. The minimum absolute atomic E-state index is 0.428. The zero-order chi connectivity index (χ0) is 21.5. The van der Waals surface area contributed by atoms with Crippen LogP contribution in [-0.2, 0) is 19.6 Å². The van der Waals surface area contributed by atoms with Crippen molar-refractivity contribution in [2.75, 3.05) is 13.1 Å². The van der Waals surface area contributed by atoms with Gasteiger partial charge in [0.05, 0.1) is 11.0 Å². The highest BCUT2D eigenvalue weighted by Gasteiger charge is 2.12. The van der Waals surface area contributed by atoms with E-state index in [1.165, 1.54) is 16.6 Å². The van der Waals surface area contributed by atoms with Crippen LogP contribution in [0.3, 0.4) is 0 Å². The van der Waals surface area contributed by atoms with Gasteiger partial charge in [-0.2, -0.15) is 0 Å². The van der Waals surface area contributed by atoms with Gasteiger partial charge < -0.3 is 14.6 Å². The average Bonchev–Trinajstić information content (AvgIpc) is 3.15. The van der Waals surface area contributed by atoms with E-state index in [4.69, 9.17) is 21.3 Å². The van der Waals surface area contributed by atoms with Crippen molar-refractivity contribution in [3.63, 3.8) is 0 Å². The van der Waals surface area contributed by atoms with Crippen molar-refractivity contribution in [2.24, 2.45) is 0 Å². The molecule has 0 saturated heterocycles. The highest BCUT2D eigenvalue weighted by molar-refractivity contribution is 6.30. The maximum atomic E-state index is 5.99. The molecular weight excluding hydrogens is 406 g/mol. The number of nitrogens with one attached hydrogen (secondary N) is 1. The Morgan fingerprint density at radius 2 is 1.74 bits per heavy atom. The molecule has 4 aromatic rings. The monoisotopic (exact) mass is 433 g/mol. The number of halogens is 1. The Morgan fingerprint density at radius 3 is 2.55 bits per heavy atom. The second kappa shape index (κ2) is 10.5. The fourth-order valence-corrected chi connectivity index (χ4v) is 3.86.